The van der Waals surface area contributed by atoms with Crippen molar-refractivity contribution in [2.24, 2.45) is 0 Å². The number of rotatable bonds is 14. The molecule has 1 unspecified atom stereocenters. The van der Waals surface area contributed by atoms with Crippen molar-refractivity contribution in [1.82, 2.24) is 14.8 Å². The van der Waals surface area contributed by atoms with Gasteiger partial charge in [0.05, 0.1) is 7.11 Å². The summed E-state index contributed by atoms with van der Waals surface area (Å²) >= 11 is 0. The number of benzene rings is 3. The summed E-state index contributed by atoms with van der Waals surface area (Å²) in [6.45, 7) is 9.93. The number of nitrogens with zero attached hydrogens (tertiary/aromatic N) is 2. The van der Waals surface area contributed by atoms with E-state index in [-0.39, 0.29) is 5.97 Å². The highest BCUT2D eigenvalue weighted by Crippen LogP contribution is 2.37. The predicted molar refractivity (Wildman–Crippen MR) is 171 cm³/mol. The van der Waals surface area contributed by atoms with E-state index in [4.69, 9.17) is 9.47 Å². The Morgan fingerprint density at radius 2 is 1.83 bits per heavy atom. The van der Waals surface area contributed by atoms with Crippen molar-refractivity contribution in [1.29, 1.82) is 0 Å². The summed E-state index contributed by atoms with van der Waals surface area (Å²) in [5.74, 6) is 0.590. The number of methoxy groups -OCH3 is 1. The van der Waals surface area contributed by atoms with Gasteiger partial charge in [-0.25, -0.2) is 4.79 Å². The minimum atomic E-state index is -0.336. The average Bonchev–Trinajstić information content (AvgIpc) is 3.65. The predicted octanol–water partition coefficient (Wildman–Crippen LogP) is 6.81. The number of nitrogens with one attached hydrogen (secondary N) is 1. The lowest BCUT2D eigenvalue weighted by Gasteiger charge is -2.30. The van der Waals surface area contributed by atoms with Crippen molar-refractivity contribution < 1.29 is 14.3 Å². The minimum absolute atomic E-state index is 0.336. The van der Waals surface area contributed by atoms with E-state index in [2.05, 4.69) is 102 Å². The van der Waals surface area contributed by atoms with Gasteiger partial charge in [0.25, 0.3) is 0 Å². The highest BCUT2D eigenvalue weighted by molar-refractivity contribution is 5.87. The molecular weight excluding hydrogens is 522 g/mol. The molecule has 0 saturated carbocycles. The van der Waals surface area contributed by atoms with E-state index in [1.54, 1.807) is 0 Å². The Morgan fingerprint density at radius 3 is 2.62 bits per heavy atom. The van der Waals surface area contributed by atoms with E-state index in [1.807, 2.05) is 6.08 Å². The molecule has 5 rings (SSSR count). The number of carbonyl (C=O) groups excluding carboxylic acids is 1. The number of likely N-dealkylation sites (N-methyl/N-ethyl adjacent to an activating group) is 1. The number of H-pyrrole nitrogens is 1. The molecule has 1 aromatic heterocycles. The fraction of sp³-hybridized carbons (Fsp3) is 0.361. The van der Waals surface area contributed by atoms with Crippen LogP contribution in [0, 0.1) is 0 Å². The summed E-state index contributed by atoms with van der Waals surface area (Å²) in [6.07, 6.45) is 8.57. The molecule has 0 saturated heterocycles. The molecule has 4 aromatic rings. The van der Waals surface area contributed by atoms with Gasteiger partial charge < -0.3 is 19.4 Å². The van der Waals surface area contributed by atoms with Crippen molar-refractivity contribution >= 4 is 22.9 Å². The van der Waals surface area contributed by atoms with Gasteiger partial charge in [-0.1, -0.05) is 62.4 Å². The zero-order valence-corrected chi connectivity index (χ0v) is 25.1. The molecule has 1 aliphatic carbocycles. The second kappa shape index (κ2) is 14.3. The summed E-state index contributed by atoms with van der Waals surface area (Å²) in [6, 6.07) is 24.1. The van der Waals surface area contributed by atoms with Crippen molar-refractivity contribution in [2.75, 3.05) is 39.9 Å². The number of esters is 1. The molecule has 6 heteroatoms. The Labute approximate surface area is 249 Å². The molecule has 1 aliphatic rings. The number of aromatic amines is 1. The number of hydrogen-bond donors (Lipinski definition) is 1. The molecule has 0 radical (unpaired) electrons. The Hall–Kier alpha value is -3.87. The third-order valence-corrected chi connectivity index (χ3v) is 8.49. The highest BCUT2D eigenvalue weighted by Gasteiger charge is 2.28. The van der Waals surface area contributed by atoms with Crippen LogP contribution in [0.4, 0.5) is 0 Å². The van der Waals surface area contributed by atoms with Gasteiger partial charge in [-0.15, -0.1) is 0 Å². The molecule has 0 aliphatic heterocycles. The molecule has 6 nitrogen and oxygen atoms in total. The van der Waals surface area contributed by atoms with E-state index in [9.17, 15) is 4.79 Å². The van der Waals surface area contributed by atoms with Gasteiger partial charge >= 0.3 is 5.97 Å². The maximum absolute atomic E-state index is 11.6. The van der Waals surface area contributed by atoms with Crippen LogP contribution >= 0.6 is 0 Å². The quantitative estimate of drug-likeness (QED) is 0.135. The summed E-state index contributed by atoms with van der Waals surface area (Å²) in [7, 11) is 1.40. The lowest BCUT2D eigenvalue weighted by molar-refractivity contribution is -0.134. The van der Waals surface area contributed by atoms with Crippen LogP contribution in [0.2, 0.25) is 0 Å². The summed E-state index contributed by atoms with van der Waals surface area (Å²) < 4.78 is 10.8. The van der Waals surface area contributed by atoms with E-state index < -0.39 is 0 Å². The summed E-state index contributed by atoms with van der Waals surface area (Å²) in [5.41, 5.74) is 7.61. The van der Waals surface area contributed by atoms with Crippen molar-refractivity contribution in [3.05, 3.63) is 107 Å². The zero-order valence-electron chi connectivity index (χ0n) is 25.1. The largest absolute Gasteiger partial charge is 0.492 e. The van der Waals surface area contributed by atoms with E-state index in [1.165, 1.54) is 46.3 Å². The Kier molecular flexibility index (Phi) is 10.1. The maximum Gasteiger partial charge on any atom is 0.330 e. The Balaban J connectivity index is 1.32. The number of aromatic nitrogens is 1. The number of carbonyl (C=O) groups is 1. The fourth-order valence-corrected chi connectivity index (χ4v) is 6.04. The monoisotopic (exact) mass is 565 g/mol. The number of hydrogen-bond acceptors (Lipinski definition) is 5. The number of para-hydroxylation sites is 1. The van der Waals surface area contributed by atoms with E-state index in [0.29, 0.717) is 12.6 Å². The average molecular weight is 566 g/mol. The molecule has 0 bridgehead atoms. The van der Waals surface area contributed by atoms with Gasteiger partial charge in [0, 0.05) is 48.9 Å². The molecule has 0 amide bonds. The van der Waals surface area contributed by atoms with Crippen molar-refractivity contribution in [2.45, 2.75) is 45.7 Å². The smallest absolute Gasteiger partial charge is 0.330 e. The third-order valence-electron chi connectivity index (χ3n) is 8.49. The van der Waals surface area contributed by atoms with Crippen LogP contribution in [0.5, 0.6) is 5.75 Å². The summed E-state index contributed by atoms with van der Waals surface area (Å²) in [5, 5.41) is 1.30. The fourth-order valence-electron chi connectivity index (χ4n) is 6.04. The van der Waals surface area contributed by atoms with Gasteiger partial charge in [-0.05, 0) is 84.4 Å². The lowest BCUT2D eigenvalue weighted by Crippen LogP contribution is -2.29. The molecule has 220 valence electrons. The van der Waals surface area contributed by atoms with Crippen LogP contribution in [0.1, 0.15) is 54.1 Å². The minimum Gasteiger partial charge on any atom is -0.492 e. The first-order valence-electron chi connectivity index (χ1n) is 15.2. The standard InChI is InChI=1S/C36H43N3O3/c1-4-38(5-2)22-23-42-31-15-10-28(11-16-31)26-39(21-20-30-25-37-34-9-7-6-8-32(30)34)35-18-14-29-24-27(12-17-33(29)35)13-19-36(40)41-3/h6-13,15-17,19,24-25,35,37H,4-5,14,18,20-23,26H2,1-3H3. The van der Waals surface area contributed by atoms with Crippen LogP contribution in [0.3, 0.4) is 0 Å². The first-order valence-corrected chi connectivity index (χ1v) is 15.2. The number of aryl methyl sites for hydroxylation is 1. The molecule has 1 atom stereocenters. The SMILES string of the molecule is CCN(CC)CCOc1ccc(CN(CCc2c[nH]c3ccccc23)C2CCc3cc(C=CC(=O)OC)ccc32)cc1. The Bertz CT molecular complexity index is 1490. The van der Waals surface area contributed by atoms with Crippen LogP contribution in [0.15, 0.2) is 79.0 Å². The van der Waals surface area contributed by atoms with Crippen molar-refractivity contribution in [3.8, 4) is 5.75 Å². The van der Waals surface area contributed by atoms with Gasteiger partial charge in [0.15, 0.2) is 0 Å². The van der Waals surface area contributed by atoms with Crippen LogP contribution < -0.4 is 4.74 Å². The first kappa shape index (κ1) is 29.6. The van der Waals surface area contributed by atoms with Gasteiger partial charge in [-0.2, -0.15) is 0 Å². The number of ether oxygens (including phenoxy) is 2. The Morgan fingerprint density at radius 1 is 1.02 bits per heavy atom. The van der Waals surface area contributed by atoms with Crippen LogP contribution in [-0.4, -0.2) is 60.6 Å². The molecule has 42 heavy (non-hydrogen) atoms. The van der Waals surface area contributed by atoms with Gasteiger partial charge in [-0.3, -0.25) is 4.90 Å². The van der Waals surface area contributed by atoms with Crippen molar-refractivity contribution in [3.63, 3.8) is 0 Å². The topological polar surface area (TPSA) is 57.8 Å². The van der Waals surface area contributed by atoms with Crippen LogP contribution in [-0.2, 0) is 28.9 Å². The molecule has 3 aromatic carbocycles. The highest BCUT2D eigenvalue weighted by atomic mass is 16.5. The number of fused-ring (bicyclic) bond motifs is 2. The molecule has 0 spiro atoms. The molecule has 1 heterocycles. The maximum atomic E-state index is 11.6. The van der Waals surface area contributed by atoms with Gasteiger partial charge in [0.1, 0.15) is 12.4 Å². The second-order valence-corrected chi connectivity index (χ2v) is 11.0. The molecular formula is C36H43N3O3. The summed E-state index contributed by atoms with van der Waals surface area (Å²) in [4.78, 5) is 20.0. The van der Waals surface area contributed by atoms with Gasteiger partial charge in [0.2, 0.25) is 0 Å². The lowest BCUT2D eigenvalue weighted by atomic mass is 10.0. The first-order chi connectivity index (χ1) is 20.6. The third kappa shape index (κ3) is 7.30. The second-order valence-electron chi connectivity index (χ2n) is 11.0. The normalized spacial score (nSPS) is 14.7. The molecule has 1 N–H and O–H groups in total. The molecule has 0 fully saturated rings. The van der Waals surface area contributed by atoms with Crippen LogP contribution in [0.25, 0.3) is 17.0 Å². The zero-order chi connectivity index (χ0) is 29.3. The van der Waals surface area contributed by atoms with E-state index >= 15 is 0 Å². The van der Waals surface area contributed by atoms with E-state index in [0.717, 1.165) is 63.3 Å².